The number of nitrogens with one attached hydrogen (secondary N) is 2. The molecule has 0 saturated heterocycles. The molecule has 3 aromatic carbocycles. The average Bonchev–Trinajstić information content (AvgIpc) is 3.05. The summed E-state index contributed by atoms with van der Waals surface area (Å²) in [5, 5.41) is 6.64. The van der Waals surface area contributed by atoms with Crippen LogP contribution in [-0.2, 0) is 13.0 Å². The van der Waals surface area contributed by atoms with Crippen LogP contribution in [0.15, 0.2) is 65.5 Å². The number of fused-ring (bicyclic) bond motifs is 1. The average molecular weight is 651 g/mol. The summed E-state index contributed by atoms with van der Waals surface area (Å²) >= 11 is 12.3. The van der Waals surface area contributed by atoms with Crippen LogP contribution in [0.3, 0.4) is 0 Å². The fourth-order valence-electron chi connectivity index (χ4n) is 5.37. The number of rotatable bonds is 8. The minimum Gasteiger partial charge on any atom is -0.493 e. The monoisotopic (exact) mass is 649 g/mol. The van der Waals surface area contributed by atoms with Crippen LogP contribution in [0.1, 0.15) is 57.4 Å². The topological polar surface area (TPSA) is 115 Å². The third-order valence-electron chi connectivity index (χ3n) is 7.91. The first-order chi connectivity index (χ1) is 21.6. The van der Waals surface area contributed by atoms with E-state index in [1.54, 1.807) is 68.6 Å². The molecule has 10 nitrogen and oxygen atoms in total. The van der Waals surface area contributed by atoms with Crippen LogP contribution in [0.5, 0.6) is 11.5 Å². The predicted octanol–water partition coefficient (Wildman–Crippen LogP) is 5.68. The zero-order valence-corrected chi connectivity index (χ0v) is 27.0. The third-order valence-corrected chi connectivity index (χ3v) is 8.65. The van der Waals surface area contributed by atoms with E-state index in [0.29, 0.717) is 51.0 Å². The maximum atomic E-state index is 14.2. The van der Waals surface area contributed by atoms with Gasteiger partial charge in [-0.1, -0.05) is 29.3 Å². The van der Waals surface area contributed by atoms with Crippen LogP contribution in [0.25, 0.3) is 5.69 Å². The molecule has 1 aromatic heterocycles. The maximum absolute atomic E-state index is 14.2. The van der Waals surface area contributed by atoms with E-state index in [2.05, 4.69) is 10.6 Å². The van der Waals surface area contributed by atoms with Gasteiger partial charge < -0.3 is 25.0 Å². The Kier molecular flexibility index (Phi) is 9.36. The molecule has 1 unspecified atom stereocenters. The number of aromatic nitrogens is 2. The van der Waals surface area contributed by atoms with Crippen molar-refractivity contribution in [2.45, 2.75) is 38.9 Å². The van der Waals surface area contributed by atoms with E-state index in [-0.39, 0.29) is 47.0 Å². The highest BCUT2D eigenvalue weighted by Gasteiger charge is 2.32. The summed E-state index contributed by atoms with van der Waals surface area (Å²) in [5.74, 6) is 0.961. The first-order valence-electron chi connectivity index (χ1n) is 14.3. The molecule has 45 heavy (non-hydrogen) atoms. The minimum absolute atomic E-state index is 0.126. The zero-order valence-electron chi connectivity index (χ0n) is 25.5. The molecule has 5 rings (SSSR count). The summed E-state index contributed by atoms with van der Waals surface area (Å²) in [6, 6.07) is 16.4. The summed E-state index contributed by atoms with van der Waals surface area (Å²) in [6.45, 7) is 3.96. The second-order valence-electron chi connectivity index (χ2n) is 10.7. The predicted molar refractivity (Wildman–Crippen MR) is 174 cm³/mol. The number of carbonyl (C=O) groups is 2. The van der Waals surface area contributed by atoms with Gasteiger partial charge >= 0.3 is 0 Å². The van der Waals surface area contributed by atoms with Crippen molar-refractivity contribution in [3.8, 4) is 17.2 Å². The molecule has 2 amide bonds. The van der Waals surface area contributed by atoms with Gasteiger partial charge in [-0.25, -0.2) is 9.55 Å². The molecule has 0 spiro atoms. The second-order valence-corrected chi connectivity index (χ2v) is 11.5. The molecule has 4 aromatic rings. The number of nitrogens with zero attached hydrogens (tertiary/aromatic N) is 3. The lowest BCUT2D eigenvalue weighted by Gasteiger charge is -2.35. The van der Waals surface area contributed by atoms with Gasteiger partial charge in [0.15, 0.2) is 11.5 Å². The Morgan fingerprint density at radius 1 is 0.956 bits per heavy atom. The molecular formula is C33H33Cl2N5O5. The van der Waals surface area contributed by atoms with Crippen LogP contribution >= 0.6 is 23.2 Å². The Labute approximate surface area is 270 Å². The number of carbonyl (C=O) groups excluding carboxylic acids is 2. The Morgan fingerprint density at radius 3 is 2.29 bits per heavy atom. The maximum Gasteiger partial charge on any atom is 0.263 e. The van der Waals surface area contributed by atoms with Gasteiger partial charge in [0.05, 0.1) is 48.2 Å². The van der Waals surface area contributed by atoms with Crippen molar-refractivity contribution in [1.29, 1.82) is 0 Å². The second kappa shape index (κ2) is 13.2. The molecule has 2 heterocycles. The van der Waals surface area contributed by atoms with Gasteiger partial charge in [0.25, 0.3) is 17.4 Å². The molecule has 1 aliphatic rings. The fraction of sp³-hybridized carbons (Fsp3) is 0.273. The summed E-state index contributed by atoms with van der Waals surface area (Å²) < 4.78 is 12.4. The number of hydrogen-bond acceptors (Lipinski definition) is 7. The zero-order chi connectivity index (χ0) is 32.4. The number of hydrogen-bond donors (Lipinski definition) is 2. The van der Waals surface area contributed by atoms with Crippen molar-refractivity contribution in [3.63, 3.8) is 0 Å². The third kappa shape index (κ3) is 6.34. The van der Waals surface area contributed by atoms with Crippen molar-refractivity contribution in [2.24, 2.45) is 0 Å². The number of amides is 2. The van der Waals surface area contributed by atoms with Crippen molar-refractivity contribution in [1.82, 2.24) is 19.8 Å². The van der Waals surface area contributed by atoms with Gasteiger partial charge in [-0.15, -0.1) is 0 Å². The van der Waals surface area contributed by atoms with E-state index in [1.165, 1.54) is 4.57 Å². The summed E-state index contributed by atoms with van der Waals surface area (Å²) in [7, 11) is 4.69. The standard InChI is InChI=1S/C33H33Cl2N5O5/c1-18-14-24-27(17-39(18)31(42)22-8-12-25(34)26(35)15-22)38-33(37-19(2)21-9-13-28(44-4)29(16-21)45-5)40(32(24)43)23-10-6-20(7-11-23)30(41)36-3/h6-13,15-16,18-19H,14,17H2,1-5H3,(H,36,41)(H,37,38)/t18-,19?/m1/s1. The largest absolute Gasteiger partial charge is 0.493 e. The highest BCUT2D eigenvalue weighted by molar-refractivity contribution is 6.42. The Morgan fingerprint density at radius 2 is 1.64 bits per heavy atom. The van der Waals surface area contributed by atoms with E-state index < -0.39 is 0 Å². The molecule has 2 N–H and O–H groups in total. The van der Waals surface area contributed by atoms with Gasteiger partial charge in [-0.3, -0.25) is 14.4 Å². The van der Waals surface area contributed by atoms with Crippen LogP contribution in [0, 0.1) is 0 Å². The lowest BCUT2D eigenvalue weighted by Crippen LogP contribution is -2.46. The highest BCUT2D eigenvalue weighted by Crippen LogP contribution is 2.32. The molecule has 234 valence electrons. The van der Waals surface area contributed by atoms with E-state index in [4.69, 9.17) is 37.7 Å². The molecule has 0 bridgehead atoms. The van der Waals surface area contributed by atoms with Crippen molar-refractivity contribution in [3.05, 3.63) is 109 Å². The molecular weight excluding hydrogens is 617 g/mol. The molecule has 2 atom stereocenters. The van der Waals surface area contributed by atoms with Gasteiger partial charge in [-0.2, -0.15) is 0 Å². The molecule has 0 fully saturated rings. The molecule has 0 aliphatic carbocycles. The number of halogens is 2. The quantitative estimate of drug-likeness (QED) is 0.252. The van der Waals surface area contributed by atoms with Crippen LogP contribution in [-0.4, -0.2) is 53.6 Å². The van der Waals surface area contributed by atoms with Gasteiger partial charge in [0, 0.05) is 29.8 Å². The first-order valence-corrected chi connectivity index (χ1v) is 15.0. The van der Waals surface area contributed by atoms with Crippen LogP contribution in [0.4, 0.5) is 5.95 Å². The normalized spacial score (nSPS) is 14.7. The van der Waals surface area contributed by atoms with Crippen LogP contribution < -0.4 is 25.7 Å². The van der Waals surface area contributed by atoms with E-state index in [0.717, 1.165) is 5.56 Å². The number of benzene rings is 3. The van der Waals surface area contributed by atoms with Gasteiger partial charge in [0.2, 0.25) is 5.95 Å². The molecule has 0 saturated carbocycles. The highest BCUT2D eigenvalue weighted by atomic mass is 35.5. The first kappa shape index (κ1) is 31.9. The lowest BCUT2D eigenvalue weighted by atomic mass is 9.98. The van der Waals surface area contributed by atoms with Crippen molar-refractivity contribution >= 4 is 41.0 Å². The van der Waals surface area contributed by atoms with Crippen molar-refractivity contribution in [2.75, 3.05) is 26.6 Å². The number of methoxy groups -OCH3 is 2. The van der Waals surface area contributed by atoms with E-state index in [1.807, 2.05) is 32.0 Å². The fourth-order valence-corrected chi connectivity index (χ4v) is 5.67. The summed E-state index contributed by atoms with van der Waals surface area (Å²) in [5.41, 5.74) is 3.00. The number of anilines is 1. The molecule has 1 aliphatic heterocycles. The Bertz CT molecular complexity index is 1830. The summed E-state index contributed by atoms with van der Waals surface area (Å²) in [6.07, 6.45) is 0.302. The molecule has 0 radical (unpaired) electrons. The Hall–Kier alpha value is -4.54. The smallest absolute Gasteiger partial charge is 0.263 e. The summed E-state index contributed by atoms with van der Waals surface area (Å²) in [4.78, 5) is 46.6. The number of ether oxygens (including phenoxy) is 2. The van der Waals surface area contributed by atoms with E-state index in [9.17, 15) is 14.4 Å². The van der Waals surface area contributed by atoms with Crippen LogP contribution in [0.2, 0.25) is 10.0 Å². The minimum atomic E-state index is -0.317. The van der Waals surface area contributed by atoms with Gasteiger partial charge in [0.1, 0.15) is 0 Å². The Balaban J connectivity index is 1.58. The van der Waals surface area contributed by atoms with Gasteiger partial charge in [-0.05, 0) is 80.4 Å². The SMILES string of the molecule is CNC(=O)c1ccc(-n2c(NC(C)c3ccc(OC)c(OC)c3)nc3c(c2=O)C[C@@H](C)N(C(=O)c2ccc(Cl)c(Cl)c2)C3)cc1. The van der Waals surface area contributed by atoms with E-state index >= 15 is 0 Å². The lowest BCUT2D eigenvalue weighted by molar-refractivity contribution is 0.0653. The molecule has 12 heteroatoms. The van der Waals surface area contributed by atoms with Crippen molar-refractivity contribution < 1.29 is 19.1 Å².